The fourth-order valence-corrected chi connectivity index (χ4v) is 1.87. The molecule has 0 amide bonds. The monoisotopic (exact) mass is 191 g/mol. The first-order valence-electron chi connectivity index (χ1n) is 5.27. The molecular formula is C12H17NO. The lowest BCUT2D eigenvalue weighted by Gasteiger charge is -2.13. The molecule has 0 radical (unpaired) electrons. The van der Waals surface area contributed by atoms with Crippen LogP contribution in [0.15, 0.2) is 18.2 Å². The summed E-state index contributed by atoms with van der Waals surface area (Å²) in [5, 5.41) is 0. The molecule has 1 saturated carbocycles. The van der Waals surface area contributed by atoms with E-state index in [-0.39, 0.29) is 0 Å². The van der Waals surface area contributed by atoms with Crippen LogP contribution in [0.5, 0.6) is 5.88 Å². The number of ether oxygens (including phenoxy) is 1. The van der Waals surface area contributed by atoms with Gasteiger partial charge in [0.1, 0.15) is 6.10 Å². The maximum absolute atomic E-state index is 5.78. The van der Waals surface area contributed by atoms with Crippen LogP contribution in [0.2, 0.25) is 0 Å². The van der Waals surface area contributed by atoms with Gasteiger partial charge in [0.15, 0.2) is 0 Å². The topological polar surface area (TPSA) is 22.1 Å². The maximum atomic E-state index is 5.78. The Morgan fingerprint density at radius 3 is 2.79 bits per heavy atom. The third kappa shape index (κ3) is 2.06. The molecule has 0 saturated heterocycles. The molecule has 1 aromatic rings. The van der Waals surface area contributed by atoms with Crippen molar-refractivity contribution in [3.8, 4) is 5.88 Å². The zero-order valence-corrected chi connectivity index (χ0v) is 9.03. The number of hydrogen-bond acceptors (Lipinski definition) is 2. The van der Waals surface area contributed by atoms with E-state index >= 15 is 0 Å². The van der Waals surface area contributed by atoms with Gasteiger partial charge in [0.2, 0.25) is 5.88 Å². The molecule has 0 N–H and O–H groups in total. The Labute approximate surface area is 85.3 Å². The first-order valence-corrected chi connectivity index (χ1v) is 5.27. The van der Waals surface area contributed by atoms with E-state index in [4.69, 9.17) is 4.74 Å². The van der Waals surface area contributed by atoms with E-state index in [1.165, 1.54) is 6.42 Å². The van der Waals surface area contributed by atoms with E-state index in [0.717, 1.165) is 23.4 Å². The Morgan fingerprint density at radius 2 is 2.21 bits per heavy atom. The van der Waals surface area contributed by atoms with Gasteiger partial charge in [-0.1, -0.05) is 13.0 Å². The predicted molar refractivity (Wildman–Crippen MR) is 56.3 cm³/mol. The Balaban J connectivity index is 1.96. The van der Waals surface area contributed by atoms with Gasteiger partial charge in [-0.2, -0.15) is 0 Å². The van der Waals surface area contributed by atoms with E-state index in [9.17, 15) is 0 Å². The van der Waals surface area contributed by atoms with Crippen molar-refractivity contribution < 1.29 is 4.74 Å². The first-order chi connectivity index (χ1) is 6.66. The van der Waals surface area contributed by atoms with E-state index in [2.05, 4.69) is 18.8 Å². The van der Waals surface area contributed by atoms with Gasteiger partial charge < -0.3 is 4.74 Å². The van der Waals surface area contributed by atoms with E-state index < -0.39 is 0 Å². The summed E-state index contributed by atoms with van der Waals surface area (Å²) in [6.07, 6.45) is 1.60. The smallest absolute Gasteiger partial charge is 0.213 e. The summed E-state index contributed by atoms with van der Waals surface area (Å²) in [4.78, 5) is 4.33. The summed E-state index contributed by atoms with van der Waals surface area (Å²) in [7, 11) is 0. The normalized spacial score (nSPS) is 27.1. The molecule has 3 unspecified atom stereocenters. The minimum Gasteiger partial charge on any atom is -0.474 e. The molecule has 0 aliphatic heterocycles. The van der Waals surface area contributed by atoms with Gasteiger partial charge in [0, 0.05) is 11.8 Å². The second-order valence-corrected chi connectivity index (χ2v) is 4.32. The lowest BCUT2D eigenvalue weighted by atomic mass is 10.2. The number of aryl methyl sites for hydroxylation is 1. The average molecular weight is 191 g/mol. The highest BCUT2D eigenvalue weighted by atomic mass is 16.5. The first kappa shape index (κ1) is 9.50. The Kier molecular flexibility index (Phi) is 2.44. The molecular weight excluding hydrogens is 174 g/mol. The standard InChI is InChI=1S/C12H17NO/c1-8-7-11(8)10(3)14-12-6-4-5-9(2)13-12/h4-6,8,10-11H,7H2,1-3H3. The van der Waals surface area contributed by atoms with Gasteiger partial charge in [-0.25, -0.2) is 4.98 Å². The van der Waals surface area contributed by atoms with Crippen LogP contribution in [-0.2, 0) is 0 Å². The van der Waals surface area contributed by atoms with E-state index in [1.807, 2.05) is 25.1 Å². The third-order valence-corrected chi connectivity index (χ3v) is 2.94. The zero-order chi connectivity index (χ0) is 10.1. The number of rotatable bonds is 3. The maximum Gasteiger partial charge on any atom is 0.213 e. The minimum absolute atomic E-state index is 0.305. The molecule has 0 spiro atoms. The highest BCUT2D eigenvalue weighted by molar-refractivity contribution is 5.15. The summed E-state index contributed by atoms with van der Waals surface area (Å²) < 4.78 is 5.78. The van der Waals surface area contributed by atoms with Crippen molar-refractivity contribution in [2.45, 2.75) is 33.3 Å². The van der Waals surface area contributed by atoms with Crippen molar-refractivity contribution in [3.05, 3.63) is 23.9 Å². The molecule has 1 aliphatic rings. The molecule has 2 rings (SSSR count). The molecule has 0 aromatic carbocycles. The predicted octanol–water partition coefficient (Wildman–Crippen LogP) is 2.81. The van der Waals surface area contributed by atoms with Crippen LogP contribution in [0.3, 0.4) is 0 Å². The second kappa shape index (κ2) is 3.60. The summed E-state index contributed by atoms with van der Waals surface area (Å²) in [5.74, 6) is 2.32. The van der Waals surface area contributed by atoms with E-state index in [1.54, 1.807) is 0 Å². The quantitative estimate of drug-likeness (QED) is 0.733. The Morgan fingerprint density at radius 1 is 1.50 bits per heavy atom. The average Bonchev–Trinajstić information content (AvgIpc) is 2.82. The minimum atomic E-state index is 0.305. The van der Waals surface area contributed by atoms with Crippen LogP contribution in [0.4, 0.5) is 0 Å². The molecule has 0 bridgehead atoms. The van der Waals surface area contributed by atoms with Gasteiger partial charge in [0.05, 0.1) is 0 Å². The summed E-state index contributed by atoms with van der Waals surface area (Å²) in [6.45, 7) is 6.39. The van der Waals surface area contributed by atoms with Crippen LogP contribution >= 0.6 is 0 Å². The molecule has 3 atom stereocenters. The van der Waals surface area contributed by atoms with Crippen molar-refractivity contribution in [1.29, 1.82) is 0 Å². The Hall–Kier alpha value is -1.05. The van der Waals surface area contributed by atoms with E-state index in [0.29, 0.717) is 6.10 Å². The van der Waals surface area contributed by atoms with Crippen LogP contribution in [0, 0.1) is 18.8 Å². The van der Waals surface area contributed by atoms with Gasteiger partial charge in [-0.15, -0.1) is 0 Å². The number of hydrogen-bond donors (Lipinski definition) is 0. The van der Waals surface area contributed by atoms with Gasteiger partial charge in [-0.3, -0.25) is 0 Å². The number of aromatic nitrogens is 1. The van der Waals surface area contributed by atoms with Gasteiger partial charge >= 0.3 is 0 Å². The van der Waals surface area contributed by atoms with Crippen molar-refractivity contribution >= 4 is 0 Å². The number of pyridine rings is 1. The van der Waals surface area contributed by atoms with Crippen LogP contribution < -0.4 is 4.74 Å². The Bertz CT molecular complexity index is 324. The van der Waals surface area contributed by atoms with Gasteiger partial charge in [0.25, 0.3) is 0 Å². The molecule has 1 aromatic heterocycles. The molecule has 76 valence electrons. The largest absolute Gasteiger partial charge is 0.474 e. The molecule has 1 fully saturated rings. The fourth-order valence-electron chi connectivity index (χ4n) is 1.87. The van der Waals surface area contributed by atoms with Crippen LogP contribution in [0.25, 0.3) is 0 Å². The molecule has 14 heavy (non-hydrogen) atoms. The van der Waals surface area contributed by atoms with Gasteiger partial charge in [-0.05, 0) is 38.2 Å². The SMILES string of the molecule is Cc1cccc(OC(C)C2CC2C)n1. The summed E-state index contributed by atoms with van der Waals surface area (Å²) in [5.41, 5.74) is 1.01. The van der Waals surface area contributed by atoms with Crippen molar-refractivity contribution in [2.75, 3.05) is 0 Å². The van der Waals surface area contributed by atoms with Crippen molar-refractivity contribution in [1.82, 2.24) is 4.98 Å². The van der Waals surface area contributed by atoms with Crippen LogP contribution in [-0.4, -0.2) is 11.1 Å². The fraction of sp³-hybridized carbons (Fsp3) is 0.583. The molecule has 2 nitrogen and oxygen atoms in total. The molecule has 1 heterocycles. The summed E-state index contributed by atoms with van der Waals surface area (Å²) in [6, 6.07) is 5.90. The highest BCUT2D eigenvalue weighted by Crippen LogP contribution is 2.41. The number of nitrogens with zero attached hydrogens (tertiary/aromatic N) is 1. The zero-order valence-electron chi connectivity index (χ0n) is 9.03. The van der Waals surface area contributed by atoms with Crippen molar-refractivity contribution in [3.63, 3.8) is 0 Å². The molecule has 1 aliphatic carbocycles. The molecule has 2 heteroatoms. The third-order valence-electron chi connectivity index (χ3n) is 2.94. The highest BCUT2D eigenvalue weighted by Gasteiger charge is 2.38. The lowest BCUT2D eigenvalue weighted by Crippen LogP contribution is -2.15. The summed E-state index contributed by atoms with van der Waals surface area (Å²) >= 11 is 0. The second-order valence-electron chi connectivity index (χ2n) is 4.32. The van der Waals surface area contributed by atoms with Crippen molar-refractivity contribution in [2.24, 2.45) is 11.8 Å². The van der Waals surface area contributed by atoms with Crippen LogP contribution in [0.1, 0.15) is 26.0 Å². The lowest BCUT2D eigenvalue weighted by molar-refractivity contribution is 0.184.